The van der Waals surface area contributed by atoms with E-state index >= 15 is 0 Å². The second-order valence-electron chi connectivity index (χ2n) is 9.99. The van der Waals surface area contributed by atoms with Crippen LogP contribution >= 0.6 is 39.9 Å². The zero-order valence-corrected chi connectivity index (χ0v) is 25.3. The van der Waals surface area contributed by atoms with Gasteiger partial charge in [0.25, 0.3) is 5.91 Å². The lowest BCUT2D eigenvalue weighted by Gasteiger charge is -2.38. The first-order valence-electron chi connectivity index (χ1n) is 12.2. The third-order valence-electron chi connectivity index (χ3n) is 6.71. The quantitative estimate of drug-likeness (QED) is 0.203. The van der Waals surface area contributed by atoms with Crippen LogP contribution in [0.2, 0.25) is 0 Å². The molecule has 2 heterocycles. The van der Waals surface area contributed by atoms with Gasteiger partial charge in [0, 0.05) is 5.56 Å². The van der Waals surface area contributed by atoms with Crippen molar-refractivity contribution in [1.82, 2.24) is 5.32 Å². The number of thioether (sulfide) groups is 1. The Morgan fingerprint density at radius 3 is 2.62 bits per heavy atom. The number of ether oxygens (including phenoxy) is 3. The molecule has 2 aliphatic heterocycles. The first-order valence-corrected chi connectivity index (χ1v) is 14.2. The maximum Gasteiger partial charge on any atom is 0.263 e. The number of nitrogens with one attached hydrogen (secondary N) is 1. The molecule has 1 atom stereocenters. The molecule has 1 N–H and O–H groups in total. The molecule has 2 aliphatic rings. The highest BCUT2D eigenvalue weighted by Gasteiger charge is 2.36. The van der Waals surface area contributed by atoms with Gasteiger partial charge in [-0.05, 0) is 117 Å². The van der Waals surface area contributed by atoms with Crippen LogP contribution in [-0.2, 0) is 11.2 Å². The molecule has 0 spiro atoms. The first-order chi connectivity index (χ1) is 17.5. The number of allylic oxidation sites excluding steroid dienone is 1. The monoisotopic (exact) mass is 601 g/mol. The van der Waals surface area contributed by atoms with E-state index in [1.807, 2.05) is 24.3 Å². The highest BCUT2D eigenvalue weighted by atomic mass is 79.9. The van der Waals surface area contributed by atoms with E-state index in [4.69, 9.17) is 26.4 Å². The van der Waals surface area contributed by atoms with Gasteiger partial charge in [0.15, 0.2) is 0 Å². The van der Waals surface area contributed by atoms with Crippen LogP contribution in [0.25, 0.3) is 6.08 Å². The minimum atomic E-state index is -0.463. The Hall–Kier alpha value is -2.29. The number of amides is 1. The summed E-state index contributed by atoms with van der Waals surface area (Å²) in [7, 11) is 0. The maximum atomic E-state index is 11.9. The zero-order valence-electron chi connectivity index (χ0n) is 22.0. The maximum absolute atomic E-state index is 11.9. The average Bonchev–Trinajstić information content (AvgIpc) is 3.15. The van der Waals surface area contributed by atoms with Crippen molar-refractivity contribution in [2.75, 3.05) is 13.2 Å². The fourth-order valence-corrected chi connectivity index (χ4v) is 5.97. The van der Waals surface area contributed by atoms with Crippen molar-refractivity contribution in [1.29, 1.82) is 0 Å². The van der Waals surface area contributed by atoms with Crippen molar-refractivity contribution in [3.8, 4) is 17.2 Å². The number of hydrogen-bond donors (Lipinski definition) is 1. The SMILES string of the molecule is CC(C)=CCOc1c(C)c(C)c2c(c1C)CCC(C)(COc1ccc(C=C3SC(=S)NC3=O)cc1Br)O2. The number of rotatable bonds is 7. The third-order valence-corrected chi connectivity index (χ3v) is 8.49. The van der Waals surface area contributed by atoms with E-state index in [0.717, 1.165) is 56.8 Å². The predicted octanol–water partition coefficient (Wildman–Crippen LogP) is 7.37. The average molecular weight is 603 g/mol. The van der Waals surface area contributed by atoms with Gasteiger partial charge >= 0.3 is 0 Å². The summed E-state index contributed by atoms with van der Waals surface area (Å²) in [6.45, 7) is 13.6. The molecule has 0 saturated carbocycles. The summed E-state index contributed by atoms with van der Waals surface area (Å²) in [6.07, 6.45) is 5.66. The number of hydrogen-bond acceptors (Lipinski definition) is 6. The van der Waals surface area contributed by atoms with Gasteiger partial charge in [-0.15, -0.1) is 0 Å². The largest absolute Gasteiger partial charge is 0.489 e. The van der Waals surface area contributed by atoms with Crippen molar-refractivity contribution >= 4 is 56.2 Å². The molecule has 1 amide bonds. The highest BCUT2D eigenvalue weighted by molar-refractivity contribution is 9.10. The molecule has 4 rings (SSSR count). The lowest BCUT2D eigenvalue weighted by atomic mass is 9.87. The second kappa shape index (κ2) is 11.2. The Kier molecular flexibility index (Phi) is 8.41. The van der Waals surface area contributed by atoms with Gasteiger partial charge in [-0.2, -0.15) is 0 Å². The molecule has 0 bridgehead atoms. The molecule has 8 heteroatoms. The van der Waals surface area contributed by atoms with Crippen LogP contribution in [0.4, 0.5) is 0 Å². The summed E-state index contributed by atoms with van der Waals surface area (Å²) >= 11 is 9.94. The van der Waals surface area contributed by atoms with Gasteiger partial charge in [-0.1, -0.05) is 35.6 Å². The van der Waals surface area contributed by atoms with Crippen LogP contribution < -0.4 is 19.5 Å². The van der Waals surface area contributed by atoms with E-state index in [0.29, 0.717) is 22.4 Å². The molecule has 1 saturated heterocycles. The molecule has 5 nitrogen and oxygen atoms in total. The van der Waals surface area contributed by atoms with Crippen LogP contribution in [0.1, 0.15) is 55.0 Å². The molecule has 196 valence electrons. The van der Waals surface area contributed by atoms with Crippen molar-refractivity contribution < 1.29 is 19.0 Å². The number of benzene rings is 2. The van der Waals surface area contributed by atoms with Gasteiger partial charge < -0.3 is 19.5 Å². The molecular formula is C29H32BrNO4S2. The molecule has 1 unspecified atom stereocenters. The Morgan fingerprint density at radius 1 is 1.22 bits per heavy atom. The summed E-state index contributed by atoms with van der Waals surface area (Å²) in [5.74, 6) is 2.48. The smallest absolute Gasteiger partial charge is 0.263 e. The molecule has 0 aliphatic carbocycles. The second-order valence-corrected chi connectivity index (χ2v) is 12.6. The number of halogens is 1. The van der Waals surface area contributed by atoms with Crippen molar-refractivity contribution in [2.24, 2.45) is 0 Å². The summed E-state index contributed by atoms with van der Waals surface area (Å²) in [5, 5.41) is 2.64. The summed E-state index contributed by atoms with van der Waals surface area (Å²) in [4.78, 5) is 12.5. The molecule has 37 heavy (non-hydrogen) atoms. The van der Waals surface area contributed by atoms with E-state index in [1.165, 1.54) is 22.9 Å². The van der Waals surface area contributed by atoms with Gasteiger partial charge in [0.1, 0.15) is 40.4 Å². The number of fused-ring (bicyclic) bond motifs is 1. The Balaban J connectivity index is 1.48. The molecule has 2 aromatic carbocycles. The molecule has 0 aromatic heterocycles. The lowest BCUT2D eigenvalue weighted by Crippen LogP contribution is -2.42. The number of carbonyl (C=O) groups excluding carboxylic acids is 1. The van der Waals surface area contributed by atoms with Crippen LogP contribution in [0.15, 0.2) is 39.2 Å². The zero-order chi connectivity index (χ0) is 26.9. The molecular weight excluding hydrogens is 570 g/mol. The first kappa shape index (κ1) is 27.7. The van der Waals surface area contributed by atoms with E-state index < -0.39 is 5.60 Å². The normalized spacial score (nSPS) is 19.8. The summed E-state index contributed by atoms with van der Waals surface area (Å²) < 4.78 is 20.3. The van der Waals surface area contributed by atoms with Gasteiger partial charge in [0.2, 0.25) is 0 Å². The molecule has 2 aromatic rings. The Morgan fingerprint density at radius 2 is 1.97 bits per heavy atom. The van der Waals surface area contributed by atoms with Gasteiger partial charge in [-0.3, -0.25) is 4.79 Å². The van der Waals surface area contributed by atoms with Crippen LogP contribution in [0, 0.1) is 20.8 Å². The standard InChI is InChI=1S/C29H32BrNO4S2/c1-16(2)10-12-33-25-17(3)18(4)26-21(19(25)5)9-11-29(6,35-26)15-34-23-8-7-20(13-22(23)30)14-24-27(32)31-28(36)37-24/h7-8,10,13-14H,9,11-12,15H2,1-6H3,(H,31,32,36). The minimum Gasteiger partial charge on any atom is -0.489 e. The highest BCUT2D eigenvalue weighted by Crippen LogP contribution is 2.44. The van der Waals surface area contributed by atoms with Crippen LogP contribution in [0.3, 0.4) is 0 Å². The number of thiocarbonyl (C=S) groups is 1. The van der Waals surface area contributed by atoms with E-state index in [1.54, 1.807) is 0 Å². The summed E-state index contributed by atoms with van der Waals surface area (Å²) in [6, 6.07) is 5.77. The fraction of sp³-hybridized carbons (Fsp3) is 0.379. The van der Waals surface area contributed by atoms with Crippen LogP contribution in [0.5, 0.6) is 17.2 Å². The lowest BCUT2D eigenvalue weighted by molar-refractivity contribution is -0.115. The van der Waals surface area contributed by atoms with E-state index in [-0.39, 0.29) is 5.91 Å². The fourth-order valence-electron chi connectivity index (χ4n) is 4.42. The predicted molar refractivity (Wildman–Crippen MR) is 159 cm³/mol. The topological polar surface area (TPSA) is 56.8 Å². The number of carbonyl (C=O) groups is 1. The van der Waals surface area contributed by atoms with Crippen molar-refractivity contribution in [3.63, 3.8) is 0 Å². The third kappa shape index (κ3) is 6.24. The van der Waals surface area contributed by atoms with Crippen molar-refractivity contribution in [3.05, 3.63) is 67.0 Å². The molecule has 0 radical (unpaired) electrons. The Bertz CT molecular complexity index is 1330. The minimum absolute atomic E-state index is 0.165. The Labute approximate surface area is 237 Å². The van der Waals surface area contributed by atoms with Gasteiger partial charge in [0.05, 0.1) is 9.38 Å². The van der Waals surface area contributed by atoms with E-state index in [2.05, 4.69) is 68.9 Å². The summed E-state index contributed by atoms with van der Waals surface area (Å²) in [5.41, 5.74) is 6.28. The molecule has 1 fully saturated rings. The van der Waals surface area contributed by atoms with E-state index in [9.17, 15) is 4.79 Å². The van der Waals surface area contributed by atoms with Crippen molar-refractivity contribution in [2.45, 2.75) is 60.0 Å². The van der Waals surface area contributed by atoms with Gasteiger partial charge in [-0.25, -0.2) is 0 Å². The van der Waals surface area contributed by atoms with Crippen LogP contribution in [-0.4, -0.2) is 29.0 Å².